The van der Waals surface area contributed by atoms with Crippen LogP contribution in [0.3, 0.4) is 0 Å². The number of aliphatic hydroxyl groups is 1. The monoisotopic (exact) mass is 198 g/mol. The molecule has 0 aromatic rings. The van der Waals surface area contributed by atoms with Crippen molar-refractivity contribution in [2.45, 2.75) is 25.3 Å². The highest BCUT2D eigenvalue weighted by Gasteiger charge is 2.21. The number of hydrogen-bond acceptors (Lipinski definition) is 3. The summed E-state index contributed by atoms with van der Waals surface area (Å²) in [6, 6.07) is 0.0307. The summed E-state index contributed by atoms with van der Waals surface area (Å²) in [6.07, 6.45) is 6.01. The van der Waals surface area contributed by atoms with Crippen molar-refractivity contribution in [2.75, 3.05) is 13.2 Å². The average molecular weight is 198 g/mol. The molecule has 1 aliphatic rings. The Bertz CT molecular complexity index is 216. The highest BCUT2D eigenvalue weighted by atomic mass is 16.2. The van der Waals surface area contributed by atoms with Crippen molar-refractivity contribution in [1.82, 2.24) is 5.32 Å². The fraction of sp³-hybridized carbons (Fsp3) is 0.700. The second-order valence-corrected chi connectivity index (χ2v) is 3.61. The summed E-state index contributed by atoms with van der Waals surface area (Å²) in [5, 5.41) is 11.4. The molecule has 0 radical (unpaired) electrons. The number of carbonyl (C=O) groups excluding carboxylic acids is 1. The van der Waals surface area contributed by atoms with Crippen LogP contribution >= 0.6 is 0 Å². The predicted molar refractivity (Wildman–Crippen MR) is 54.6 cm³/mol. The van der Waals surface area contributed by atoms with Crippen LogP contribution in [0.5, 0.6) is 0 Å². The second-order valence-electron chi connectivity index (χ2n) is 3.61. The van der Waals surface area contributed by atoms with Gasteiger partial charge in [-0.15, -0.1) is 0 Å². The van der Waals surface area contributed by atoms with Crippen LogP contribution in [0.1, 0.15) is 19.3 Å². The lowest BCUT2D eigenvalue weighted by molar-refractivity contribution is -0.123. The van der Waals surface area contributed by atoms with Crippen LogP contribution in [0.2, 0.25) is 0 Å². The summed E-state index contributed by atoms with van der Waals surface area (Å²) in [4.78, 5) is 11.5. The van der Waals surface area contributed by atoms with Crippen molar-refractivity contribution in [3.63, 3.8) is 0 Å². The summed E-state index contributed by atoms with van der Waals surface area (Å²) in [5.41, 5.74) is 5.64. The Hall–Kier alpha value is -0.870. The standard InChI is InChI=1S/C10H18N2O2/c11-9-4-3-8(7-9)10(14)12-5-1-2-6-13/h3-4,8-9,13H,1-2,5-7,11H2,(H,12,14). The molecule has 14 heavy (non-hydrogen) atoms. The Labute approximate surface area is 84.2 Å². The van der Waals surface area contributed by atoms with Gasteiger partial charge in [0.2, 0.25) is 5.91 Å². The van der Waals surface area contributed by atoms with Crippen LogP contribution in [0.4, 0.5) is 0 Å². The van der Waals surface area contributed by atoms with E-state index < -0.39 is 0 Å². The first kappa shape index (κ1) is 11.2. The lowest BCUT2D eigenvalue weighted by atomic mass is 10.1. The maximum atomic E-state index is 11.5. The van der Waals surface area contributed by atoms with E-state index in [2.05, 4.69) is 5.32 Å². The van der Waals surface area contributed by atoms with Crippen LogP contribution in [-0.4, -0.2) is 30.2 Å². The number of hydrogen-bond donors (Lipinski definition) is 3. The maximum Gasteiger partial charge on any atom is 0.226 e. The van der Waals surface area contributed by atoms with Crippen molar-refractivity contribution >= 4 is 5.91 Å². The lowest BCUT2D eigenvalue weighted by Gasteiger charge is -2.09. The number of carbonyl (C=O) groups is 1. The highest BCUT2D eigenvalue weighted by molar-refractivity contribution is 5.81. The zero-order chi connectivity index (χ0) is 10.4. The molecule has 1 aliphatic carbocycles. The summed E-state index contributed by atoms with van der Waals surface area (Å²) >= 11 is 0. The van der Waals surface area contributed by atoms with E-state index in [0.717, 1.165) is 12.8 Å². The largest absolute Gasteiger partial charge is 0.396 e. The molecular weight excluding hydrogens is 180 g/mol. The first-order chi connectivity index (χ1) is 6.74. The smallest absolute Gasteiger partial charge is 0.226 e. The van der Waals surface area contributed by atoms with E-state index in [1.54, 1.807) is 0 Å². The van der Waals surface area contributed by atoms with E-state index in [4.69, 9.17) is 10.8 Å². The molecule has 0 heterocycles. The van der Waals surface area contributed by atoms with Gasteiger partial charge in [0.05, 0.1) is 5.92 Å². The molecule has 4 N–H and O–H groups in total. The van der Waals surface area contributed by atoms with E-state index in [1.165, 1.54) is 0 Å². The van der Waals surface area contributed by atoms with Gasteiger partial charge in [-0.05, 0) is 19.3 Å². The second kappa shape index (κ2) is 5.78. The Balaban J connectivity index is 2.13. The Morgan fingerprint density at radius 3 is 2.86 bits per heavy atom. The normalized spacial score (nSPS) is 25.3. The van der Waals surface area contributed by atoms with E-state index in [-0.39, 0.29) is 24.5 Å². The van der Waals surface area contributed by atoms with Crippen molar-refractivity contribution in [1.29, 1.82) is 0 Å². The van der Waals surface area contributed by atoms with Gasteiger partial charge >= 0.3 is 0 Å². The van der Waals surface area contributed by atoms with Gasteiger partial charge in [0.25, 0.3) is 0 Å². The van der Waals surface area contributed by atoms with E-state index in [0.29, 0.717) is 13.0 Å². The fourth-order valence-electron chi connectivity index (χ4n) is 1.50. The van der Waals surface area contributed by atoms with Gasteiger partial charge in [-0.3, -0.25) is 4.79 Å². The van der Waals surface area contributed by atoms with Gasteiger partial charge in [-0.25, -0.2) is 0 Å². The molecule has 2 atom stereocenters. The SMILES string of the molecule is NC1C=CC(C(=O)NCCCCO)C1. The minimum Gasteiger partial charge on any atom is -0.396 e. The van der Waals surface area contributed by atoms with Crippen LogP contribution in [-0.2, 0) is 4.79 Å². The topological polar surface area (TPSA) is 75.4 Å². The molecule has 0 spiro atoms. The summed E-state index contributed by atoms with van der Waals surface area (Å²) < 4.78 is 0. The first-order valence-corrected chi connectivity index (χ1v) is 5.06. The molecule has 0 aromatic heterocycles. The lowest BCUT2D eigenvalue weighted by Crippen LogP contribution is -2.31. The minimum absolute atomic E-state index is 0.0307. The van der Waals surface area contributed by atoms with Gasteiger partial charge in [0.15, 0.2) is 0 Å². The predicted octanol–water partition coefficient (Wildman–Crippen LogP) is -0.222. The molecule has 0 saturated carbocycles. The van der Waals surface area contributed by atoms with Crippen molar-refractivity contribution in [2.24, 2.45) is 11.7 Å². The zero-order valence-corrected chi connectivity index (χ0v) is 8.28. The summed E-state index contributed by atoms with van der Waals surface area (Å²) in [7, 11) is 0. The fourth-order valence-corrected chi connectivity index (χ4v) is 1.50. The molecule has 0 aliphatic heterocycles. The molecule has 4 heteroatoms. The molecule has 4 nitrogen and oxygen atoms in total. The molecular formula is C10H18N2O2. The Kier molecular flexibility index (Phi) is 4.62. The van der Waals surface area contributed by atoms with Gasteiger partial charge in [0.1, 0.15) is 0 Å². The van der Waals surface area contributed by atoms with Crippen molar-refractivity contribution in [3.05, 3.63) is 12.2 Å². The number of nitrogens with two attached hydrogens (primary N) is 1. The molecule has 0 fully saturated rings. The van der Waals surface area contributed by atoms with Crippen LogP contribution in [0.25, 0.3) is 0 Å². The molecule has 0 aromatic carbocycles. The summed E-state index contributed by atoms with van der Waals surface area (Å²) in [6.45, 7) is 0.822. The van der Waals surface area contributed by atoms with Crippen LogP contribution in [0.15, 0.2) is 12.2 Å². The third-order valence-corrected chi connectivity index (χ3v) is 2.34. The van der Waals surface area contributed by atoms with Crippen molar-refractivity contribution in [3.8, 4) is 0 Å². The first-order valence-electron chi connectivity index (χ1n) is 5.06. The Morgan fingerprint density at radius 1 is 1.50 bits per heavy atom. The number of unbranched alkanes of at least 4 members (excludes halogenated alkanes) is 1. The van der Waals surface area contributed by atoms with Gasteiger partial charge in [-0.2, -0.15) is 0 Å². The van der Waals surface area contributed by atoms with E-state index in [9.17, 15) is 4.79 Å². The average Bonchev–Trinajstić information content (AvgIpc) is 2.59. The maximum absolute atomic E-state index is 11.5. The van der Waals surface area contributed by atoms with Gasteiger partial charge < -0.3 is 16.2 Å². The van der Waals surface area contributed by atoms with Crippen molar-refractivity contribution < 1.29 is 9.90 Å². The molecule has 0 bridgehead atoms. The third-order valence-electron chi connectivity index (χ3n) is 2.34. The third kappa shape index (κ3) is 3.47. The highest BCUT2D eigenvalue weighted by Crippen LogP contribution is 2.15. The van der Waals surface area contributed by atoms with Gasteiger partial charge in [-0.1, -0.05) is 12.2 Å². The van der Waals surface area contributed by atoms with E-state index >= 15 is 0 Å². The molecule has 2 unspecified atom stereocenters. The number of rotatable bonds is 5. The van der Waals surface area contributed by atoms with Crippen LogP contribution < -0.4 is 11.1 Å². The number of nitrogens with one attached hydrogen (secondary N) is 1. The number of aliphatic hydroxyl groups excluding tert-OH is 1. The van der Waals surface area contributed by atoms with Crippen LogP contribution in [0, 0.1) is 5.92 Å². The number of amides is 1. The van der Waals surface area contributed by atoms with Gasteiger partial charge in [0, 0.05) is 19.2 Å². The molecule has 0 saturated heterocycles. The quantitative estimate of drug-likeness (QED) is 0.422. The Morgan fingerprint density at radius 2 is 2.29 bits per heavy atom. The zero-order valence-electron chi connectivity index (χ0n) is 8.28. The van der Waals surface area contributed by atoms with E-state index in [1.807, 2.05) is 12.2 Å². The summed E-state index contributed by atoms with van der Waals surface area (Å²) in [5.74, 6) is -0.00809. The molecule has 1 amide bonds. The minimum atomic E-state index is -0.0564. The molecule has 1 rings (SSSR count). The molecule has 80 valence electrons.